The van der Waals surface area contributed by atoms with Gasteiger partial charge in [-0.25, -0.2) is 4.79 Å². The first-order valence-corrected chi connectivity index (χ1v) is 10.8. The van der Waals surface area contributed by atoms with Gasteiger partial charge in [-0.1, -0.05) is 39.0 Å². The number of hydrogen-bond donors (Lipinski definition) is 0. The van der Waals surface area contributed by atoms with Crippen LogP contribution in [0.3, 0.4) is 0 Å². The molecule has 1 aliphatic heterocycles. The Morgan fingerprint density at radius 3 is 2.59 bits per heavy atom. The average molecular weight is 395 g/mol. The van der Waals surface area contributed by atoms with Gasteiger partial charge in [-0.3, -0.25) is 9.78 Å². The Morgan fingerprint density at radius 2 is 1.83 bits per heavy atom. The fourth-order valence-electron chi connectivity index (χ4n) is 4.95. The van der Waals surface area contributed by atoms with Crippen molar-refractivity contribution in [3.63, 3.8) is 0 Å². The second-order valence-electron chi connectivity index (χ2n) is 9.10. The maximum absolute atomic E-state index is 13.1. The smallest absolute Gasteiger partial charge is 0.339 e. The van der Waals surface area contributed by atoms with E-state index in [0.29, 0.717) is 23.3 Å². The fraction of sp³-hybridized carbons (Fsp3) is 0.542. The first-order valence-electron chi connectivity index (χ1n) is 10.8. The number of ether oxygens (including phenoxy) is 1. The van der Waals surface area contributed by atoms with Crippen molar-refractivity contribution in [3.8, 4) is 0 Å². The summed E-state index contributed by atoms with van der Waals surface area (Å²) < 4.78 is 5.57. The van der Waals surface area contributed by atoms with Gasteiger partial charge in [0, 0.05) is 24.2 Å². The van der Waals surface area contributed by atoms with E-state index in [1.165, 1.54) is 0 Å². The van der Waals surface area contributed by atoms with Gasteiger partial charge in [0.1, 0.15) is 0 Å². The van der Waals surface area contributed by atoms with E-state index >= 15 is 0 Å². The summed E-state index contributed by atoms with van der Waals surface area (Å²) in [7, 11) is 0. The topological polar surface area (TPSA) is 59.5 Å². The molecule has 3 unspecified atom stereocenters. The van der Waals surface area contributed by atoms with Gasteiger partial charge >= 0.3 is 5.97 Å². The predicted octanol–water partition coefficient (Wildman–Crippen LogP) is 4.02. The molecule has 1 aromatic carbocycles. The molecule has 0 spiro atoms. The molecule has 0 N–H and O–H groups in total. The van der Waals surface area contributed by atoms with E-state index < -0.39 is 5.97 Å². The van der Waals surface area contributed by atoms with Crippen LogP contribution in [0.4, 0.5) is 0 Å². The minimum absolute atomic E-state index is 0.0997. The third kappa shape index (κ3) is 4.14. The van der Waals surface area contributed by atoms with Gasteiger partial charge in [-0.15, -0.1) is 0 Å². The van der Waals surface area contributed by atoms with Gasteiger partial charge in [0.25, 0.3) is 5.91 Å². The van der Waals surface area contributed by atoms with Gasteiger partial charge in [-0.05, 0) is 55.1 Å². The van der Waals surface area contributed by atoms with E-state index in [0.717, 1.165) is 60.9 Å². The van der Waals surface area contributed by atoms with Crippen molar-refractivity contribution < 1.29 is 14.3 Å². The summed E-state index contributed by atoms with van der Waals surface area (Å²) in [4.78, 5) is 32.4. The van der Waals surface area contributed by atoms with Gasteiger partial charge < -0.3 is 9.64 Å². The zero-order valence-corrected chi connectivity index (χ0v) is 17.6. The van der Waals surface area contributed by atoms with Crippen molar-refractivity contribution in [2.24, 2.45) is 17.8 Å². The Labute approximate surface area is 172 Å². The Kier molecular flexibility index (Phi) is 5.57. The van der Waals surface area contributed by atoms with Gasteiger partial charge in [0.2, 0.25) is 0 Å². The largest absolute Gasteiger partial charge is 0.452 e. The molecule has 0 radical (unpaired) electrons. The number of aryl methyl sites for hydroxylation is 1. The summed E-state index contributed by atoms with van der Waals surface area (Å²) in [6.45, 7) is 7.82. The minimum atomic E-state index is -0.402. The Morgan fingerprint density at radius 1 is 1.10 bits per heavy atom. The Hall–Kier alpha value is -2.43. The molecule has 4 rings (SSSR count). The summed E-state index contributed by atoms with van der Waals surface area (Å²) in [6.07, 6.45) is 3.92. The molecule has 5 heteroatoms. The highest BCUT2D eigenvalue weighted by molar-refractivity contribution is 6.05. The number of piperidine rings is 1. The number of likely N-dealkylation sites (tertiary alicyclic amines) is 1. The first kappa shape index (κ1) is 19.9. The number of pyridine rings is 1. The van der Waals surface area contributed by atoms with Crippen LogP contribution < -0.4 is 0 Å². The summed E-state index contributed by atoms with van der Waals surface area (Å²) >= 11 is 0. The molecule has 2 aromatic rings. The second-order valence-corrected chi connectivity index (χ2v) is 9.10. The quantitative estimate of drug-likeness (QED) is 0.738. The van der Waals surface area contributed by atoms with Crippen LogP contribution in [0.15, 0.2) is 24.3 Å². The SMILES string of the molecule is CC1CCc2nc3ccccc3c(C(=O)OCC(=O)N3CC(C)CC(C)C3)c2C1. The van der Waals surface area contributed by atoms with Crippen molar-refractivity contribution >= 4 is 22.8 Å². The van der Waals surface area contributed by atoms with Crippen molar-refractivity contribution in [2.75, 3.05) is 19.7 Å². The van der Waals surface area contributed by atoms with E-state index in [1.807, 2.05) is 29.2 Å². The number of carbonyl (C=O) groups excluding carboxylic acids is 2. The van der Waals surface area contributed by atoms with Gasteiger partial charge in [-0.2, -0.15) is 0 Å². The summed E-state index contributed by atoms with van der Waals surface area (Å²) in [5.41, 5.74) is 3.42. The van der Waals surface area contributed by atoms with Crippen molar-refractivity contribution in [1.29, 1.82) is 0 Å². The van der Waals surface area contributed by atoms with Crippen molar-refractivity contribution in [3.05, 3.63) is 41.1 Å². The molecule has 1 fully saturated rings. The molecule has 5 nitrogen and oxygen atoms in total. The third-order valence-electron chi connectivity index (χ3n) is 6.26. The van der Waals surface area contributed by atoms with E-state index in [9.17, 15) is 9.59 Å². The highest BCUT2D eigenvalue weighted by Gasteiger charge is 2.29. The van der Waals surface area contributed by atoms with E-state index in [-0.39, 0.29) is 12.5 Å². The van der Waals surface area contributed by atoms with Crippen LogP contribution in [-0.2, 0) is 22.4 Å². The maximum Gasteiger partial charge on any atom is 0.339 e. The first-order chi connectivity index (χ1) is 13.9. The lowest BCUT2D eigenvalue weighted by Crippen LogP contribution is -2.44. The molecule has 154 valence electrons. The zero-order chi connectivity index (χ0) is 20.5. The van der Waals surface area contributed by atoms with Crippen LogP contribution in [0.5, 0.6) is 0 Å². The number of para-hydroxylation sites is 1. The molecule has 3 atom stereocenters. The lowest BCUT2D eigenvalue weighted by Gasteiger charge is -2.34. The average Bonchev–Trinajstić information content (AvgIpc) is 2.69. The summed E-state index contributed by atoms with van der Waals surface area (Å²) in [5, 5.41) is 0.818. The molecule has 2 heterocycles. The minimum Gasteiger partial charge on any atom is -0.452 e. The van der Waals surface area contributed by atoms with Crippen molar-refractivity contribution in [2.45, 2.75) is 46.5 Å². The number of benzene rings is 1. The number of fused-ring (bicyclic) bond motifs is 2. The second kappa shape index (κ2) is 8.13. The summed E-state index contributed by atoms with van der Waals surface area (Å²) in [5.74, 6) is 0.972. The number of aromatic nitrogens is 1. The standard InChI is InChI=1S/C24H30N2O3/c1-15-8-9-21-19(11-15)23(18-6-4-5-7-20(18)25-21)24(28)29-14-22(27)26-12-16(2)10-17(3)13-26/h4-7,15-17H,8-14H2,1-3H3. The molecule has 29 heavy (non-hydrogen) atoms. The lowest BCUT2D eigenvalue weighted by atomic mass is 9.84. The fourth-order valence-corrected chi connectivity index (χ4v) is 4.95. The Bertz CT molecular complexity index is 929. The van der Waals surface area contributed by atoms with Crippen LogP contribution in [0.25, 0.3) is 10.9 Å². The molecule has 0 saturated carbocycles. The molecular weight excluding hydrogens is 364 g/mol. The molecule has 1 saturated heterocycles. The highest BCUT2D eigenvalue weighted by atomic mass is 16.5. The maximum atomic E-state index is 13.1. The zero-order valence-electron chi connectivity index (χ0n) is 17.6. The van der Waals surface area contributed by atoms with E-state index in [1.54, 1.807) is 0 Å². The molecule has 1 amide bonds. The highest BCUT2D eigenvalue weighted by Crippen LogP contribution is 2.32. The van der Waals surface area contributed by atoms with Gasteiger partial charge in [0.05, 0.1) is 11.1 Å². The molecule has 0 bridgehead atoms. The van der Waals surface area contributed by atoms with E-state index in [4.69, 9.17) is 9.72 Å². The lowest BCUT2D eigenvalue weighted by molar-refractivity contribution is -0.137. The normalized spacial score (nSPS) is 24.2. The number of hydrogen-bond acceptors (Lipinski definition) is 4. The molecule has 1 aliphatic carbocycles. The monoisotopic (exact) mass is 394 g/mol. The van der Waals surface area contributed by atoms with Crippen LogP contribution >= 0.6 is 0 Å². The van der Waals surface area contributed by atoms with Crippen molar-refractivity contribution in [1.82, 2.24) is 9.88 Å². The number of nitrogens with zero attached hydrogens (tertiary/aromatic N) is 2. The number of rotatable bonds is 3. The van der Waals surface area contributed by atoms with Crippen LogP contribution in [0, 0.1) is 17.8 Å². The van der Waals surface area contributed by atoms with Crippen LogP contribution in [0.1, 0.15) is 55.2 Å². The predicted molar refractivity (Wildman–Crippen MR) is 113 cm³/mol. The Balaban J connectivity index is 1.57. The third-order valence-corrected chi connectivity index (χ3v) is 6.26. The number of esters is 1. The molecule has 1 aromatic heterocycles. The number of amides is 1. The van der Waals surface area contributed by atoms with E-state index in [2.05, 4.69) is 20.8 Å². The van der Waals surface area contributed by atoms with Crippen LogP contribution in [0.2, 0.25) is 0 Å². The number of carbonyl (C=O) groups is 2. The van der Waals surface area contributed by atoms with Gasteiger partial charge in [0.15, 0.2) is 6.61 Å². The molecule has 2 aliphatic rings. The van der Waals surface area contributed by atoms with Crippen LogP contribution in [-0.4, -0.2) is 41.5 Å². The summed E-state index contributed by atoms with van der Waals surface area (Å²) in [6, 6.07) is 7.71. The molecular formula is C24H30N2O3.